The molecule has 1 rings (SSSR count). The first-order chi connectivity index (χ1) is 5.38. The van der Waals surface area contributed by atoms with Gasteiger partial charge in [-0.1, -0.05) is 29.6 Å². The minimum Gasteiger partial charge on any atom is -0.150 e. The van der Waals surface area contributed by atoms with Gasteiger partial charge in [0.1, 0.15) is 12.1 Å². The molecule has 4 nitrogen and oxygen atoms in total. The zero-order chi connectivity index (χ0) is 8.10. The van der Waals surface area contributed by atoms with Crippen LogP contribution in [0.3, 0.4) is 0 Å². The second kappa shape index (κ2) is 4.16. The standard InChI is InChI=1S/C7H12N2O2/c10-8-6-4-2-1-3-5-7(6)9-11/h6-7H,1-5H2. The van der Waals surface area contributed by atoms with Gasteiger partial charge in [-0.25, -0.2) is 0 Å². The number of nitrogens with zero attached hydrogens (tertiary/aromatic N) is 2. The van der Waals surface area contributed by atoms with Gasteiger partial charge in [-0.3, -0.25) is 0 Å². The highest BCUT2D eigenvalue weighted by molar-refractivity contribution is 4.83. The van der Waals surface area contributed by atoms with Crippen molar-refractivity contribution in [1.82, 2.24) is 0 Å². The number of hydrogen-bond acceptors (Lipinski definition) is 4. The van der Waals surface area contributed by atoms with Gasteiger partial charge in [-0.15, -0.1) is 0 Å². The lowest BCUT2D eigenvalue weighted by atomic mass is 10.1. The van der Waals surface area contributed by atoms with Gasteiger partial charge in [0.25, 0.3) is 0 Å². The fourth-order valence-electron chi connectivity index (χ4n) is 1.51. The first-order valence-electron chi connectivity index (χ1n) is 4.03. The van der Waals surface area contributed by atoms with E-state index in [4.69, 9.17) is 0 Å². The maximum Gasteiger partial charge on any atom is 0.118 e. The highest BCUT2D eigenvalue weighted by Gasteiger charge is 2.24. The van der Waals surface area contributed by atoms with Crippen LogP contribution in [0.2, 0.25) is 0 Å². The molecule has 0 spiro atoms. The molecule has 11 heavy (non-hydrogen) atoms. The number of rotatable bonds is 2. The van der Waals surface area contributed by atoms with Crippen LogP contribution in [0.1, 0.15) is 32.1 Å². The molecule has 62 valence electrons. The Labute approximate surface area is 65.3 Å². The van der Waals surface area contributed by atoms with Crippen LogP contribution in [0.25, 0.3) is 0 Å². The van der Waals surface area contributed by atoms with Crippen molar-refractivity contribution in [3.63, 3.8) is 0 Å². The smallest absolute Gasteiger partial charge is 0.118 e. The van der Waals surface area contributed by atoms with Crippen molar-refractivity contribution in [2.45, 2.75) is 44.2 Å². The van der Waals surface area contributed by atoms with Crippen LogP contribution in [-0.4, -0.2) is 12.1 Å². The van der Waals surface area contributed by atoms with Gasteiger partial charge in [0.05, 0.1) is 0 Å². The third-order valence-corrected chi connectivity index (χ3v) is 2.21. The van der Waals surface area contributed by atoms with Crippen LogP contribution in [0.4, 0.5) is 0 Å². The first kappa shape index (κ1) is 8.30. The third-order valence-electron chi connectivity index (χ3n) is 2.21. The molecular formula is C7H12N2O2. The second-order valence-electron chi connectivity index (χ2n) is 2.98. The van der Waals surface area contributed by atoms with Gasteiger partial charge in [0.2, 0.25) is 0 Å². The Morgan fingerprint density at radius 1 is 0.818 bits per heavy atom. The highest BCUT2D eigenvalue weighted by Crippen LogP contribution is 2.22. The minimum atomic E-state index is -0.352. The van der Waals surface area contributed by atoms with Crippen molar-refractivity contribution < 1.29 is 0 Å². The summed E-state index contributed by atoms with van der Waals surface area (Å²) in [5, 5.41) is 5.83. The maximum atomic E-state index is 10.2. The zero-order valence-corrected chi connectivity index (χ0v) is 6.40. The van der Waals surface area contributed by atoms with Crippen LogP contribution in [0, 0.1) is 9.81 Å². The van der Waals surface area contributed by atoms with Crippen molar-refractivity contribution in [2.75, 3.05) is 0 Å². The van der Waals surface area contributed by atoms with Gasteiger partial charge < -0.3 is 0 Å². The summed E-state index contributed by atoms with van der Waals surface area (Å²) in [5.41, 5.74) is 0. The van der Waals surface area contributed by atoms with Crippen LogP contribution >= 0.6 is 0 Å². The van der Waals surface area contributed by atoms with Crippen molar-refractivity contribution in [2.24, 2.45) is 10.4 Å². The monoisotopic (exact) mass is 156 g/mol. The molecule has 0 N–H and O–H groups in total. The molecule has 1 aliphatic rings. The Hall–Kier alpha value is -0.800. The zero-order valence-electron chi connectivity index (χ0n) is 6.40. The van der Waals surface area contributed by atoms with Crippen LogP contribution < -0.4 is 0 Å². The summed E-state index contributed by atoms with van der Waals surface area (Å²) in [7, 11) is 0. The van der Waals surface area contributed by atoms with Crippen molar-refractivity contribution in [3.8, 4) is 0 Å². The molecule has 0 amide bonds. The summed E-state index contributed by atoms with van der Waals surface area (Å²) in [5.74, 6) is 0. The van der Waals surface area contributed by atoms with E-state index < -0.39 is 0 Å². The SMILES string of the molecule is O=NC1CCCCCC1N=O. The normalized spacial score (nSPS) is 32.4. The molecule has 4 heteroatoms. The van der Waals surface area contributed by atoms with E-state index in [1.54, 1.807) is 0 Å². The molecule has 1 fully saturated rings. The molecule has 2 atom stereocenters. The predicted octanol–water partition coefficient (Wildman–Crippen LogP) is 2.22. The van der Waals surface area contributed by atoms with E-state index >= 15 is 0 Å². The lowest BCUT2D eigenvalue weighted by Crippen LogP contribution is -2.19. The Balaban J connectivity index is 2.54. The Bertz CT molecular complexity index is 133. The van der Waals surface area contributed by atoms with E-state index in [1.807, 2.05) is 0 Å². The molecule has 0 aromatic carbocycles. The Kier molecular flexibility index (Phi) is 3.14. The Morgan fingerprint density at radius 2 is 1.27 bits per heavy atom. The largest absolute Gasteiger partial charge is 0.150 e. The molecule has 0 aromatic heterocycles. The molecule has 0 saturated heterocycles. The van der Waals surface area contributed by atoms with Crippen molar-refractivity contribution >= 4 is 0 Å². The Morgan fingerprint density at radius 3 is 1.64 bits per heavy atom. The maximum absolute atomic E-state index is 10.2. The van der Waals surface area contributed by atoms with E-state index in [0.717, 1.165) is 32.1 Å². The summed E-state index contributed by atoms with van der Waals surface area (Å²) < 4.78 is 0. The first-order valence-corrected chi connectivity index (χ1v) is 4.03. The molecule has 1 aliphatic carbocycles. The fraction of sp³-hybridized carbons (Fsp3) is 1.00. The quantitative estimate of drug-likeness (QED) is 0.454. The van der Waals surface area contributed by atoms with E-state index in [9.17, 15) is 9.81 Å². The second-order valence-corrected chi connectivity index (χ2v) is 2.98. The van der Waals surface area contributed by atoms with E-state index in [0.29, 0.717) is 0 Å². The van der Waals surface area contributed by atoms with Gasteiger partial charge in [-0.2, -0.15) is 9.81 Å². The van der Waals surface area contributed by atoms with Gasteiger partial charge in [0, 0.05) is 0 Å². The molecule has 0 aromatic rings. The average Bonchev–Trinajstić information content (AvgIpc) is 2.27. The lowest BCUT2D eigenvalue weighted by Gasteiger charge is -2.09. The van der Waals surface area contributed by atoms with Crippen LogP contribution in [-0.2, 0) is 0 Å². The summed E-state index contributed by atoms with van der Waals surface area (Å²) in [6.07, 6.45) is 4.57. The summed E-state index contributed by atoms with van der Waals surface area (Å²) >= 11 is 0. The molecule has 0 bridgehead atoms. The molecule has 0 heterocycles. The number of hydrogen-bond donors (Lipinski definition) is 0. The van der Waals surface area contributed by atoms with Crippen LogP contribution in [0.5, 0.6) is 0 Å². The van der Waals surface area contributed by atoms with Crippen molar-refractivity contribution in [1.29, 1.82) is 0 Å². The van der Waals surface area contributed by atoms with Crippen molar-refractivity contribution in [3.05, 3.63) is 9.81 Å². The summed E-state index contributed by atoms with van der Waals surface area (Å²) in [6, 6.07) is -0.704. The van der Waals surface area contributed by atoms with Gasteiger partial charge in [-0.05, 0) is 12.8 Å². The van der Waals surface area contributed by atoms with E-state index in [-0.39, 0.29) is 12.1 Å². The molecule has 2 unspecified atom stereocenters. The molecule has 0 aliphatic heterocycles. The minimum absolute atomic E-state index is 0.352. The molecule has 1 saturated carbocycles. The fourth-order valence-corrected chi connectivity index (χ4v) is 1.51. The van der Waals surface area contributed by atoms with Crippen LogP contribution in [0.15, 0.2) is 10.4 Å². The molecule has 0 radical (unpaired) electrons. The molecular weight excluding hydrogens is 144 g/mol. The van der Waals surface area contributed by atoms with E-state index in [1.165, 1.54) is 0 Å². The predicted molar refractivity (Wildman–Crippen MR) is 42.3 cm³/mol. The number of nitroso groups, excluding NO2 is 2. The highest BCUT2D eigenvalue weighted by atomic mass is 16.3. The van der Waals surface area contributed by atoms with E-state index in [2.05, 4.69) is 10.4 Å². The summed E-state index contributed by atoms with van der Waals surface area (Å²) in [6.45, 7) is 0. The van der Waals surface area contributed by atoms with Gasteiger partial charge in [0.15, 0.2) is 0 Å². The average molecular weight is 156 g/mol. The summed E-state index contributed by atoms with van der Waals surface area (Å²) in [4.78, 5) is 20.5. The topological polar surface area (TPSA) is 58.9 Å². The third kappa shape index (κ3) is 2.06. The lowest BCUT2D eigenvalue weighted by molar-refractivity contribution is 0.499. The van der Waals surface area contributed by atoms with Gasteiger partial charge >= 0.3 is 0 Å².